The largest absolute Gasteiger partial charge is 0.493 e. The molecule has 0 atom stereocenters. The van der Waals surface area contributed by atoms with E-state index in [1.807, 2.05) is 41.3 Å². The van der Waals surface area contributed by atoms with Crippen LogP contribution in [-0.2, 0) is 11.4 Å². The summed E-state index contributed by atoms with van der Waals surface area (Å²) in [4.78, 5) is 14.6. The molecule has 0 N–H and O–H groups in total. The van der Waals surface area contributed by atoms with Crippen LogP contribution in [0, 0.1) is 18.8 Å². The number of amides is 1. The summed E-state index contributed by atoms with van der Waals surface area (Å²) < 4.78 is 11.5. The summed E-state index contributed by atoms with van der Waals surface area (Å²) in [7, 11) is 1.63. The van der Waals surface area contributed by atoms with Crippen molar-refractivity contribution in [1.29, 1.82) is 0 Å². The summed E-state index contributed by atoms with van der Waals surface area (Å²) in [6.07, 6.45) is 3.48. The Morgan fingerprint density at radius 1 is 1.00 bits per heavy atom. The second kappa shape index (κ2) is 11.4. The molecule has 30 heavy (non-hydrogen) atoms. The quantitative estimate of drug-likeness (QED) is 0.470. The number of hydrogen-bond acceptors (Lipinski definition) is 3. The lowest BCUT2D eigenvalue weighted by molar-refractivity contribution is -0.127. The fourth-order valence-electron chi connectivity index (χ4n) is 3.24. The fraction of sp³-hybridized carbons (Fsp3) is 0.423. The van der Waals surface area contributed by atoms with Crippen LogP contribution in [0.15, 0.2) is 48.5 Å². The van der Waals surface area contributed by atoms with Crippen LogP contribution >= 0.6 is 0 Å². The van der Waals surface area contributed by atoms with Crippen LogP contribution in [0.4, 0.5) is 0 Å². The lowest BCUT2D eigenvalue weighted by Crippen LogP contribution is -2.35. The molecule has 2 rings (SSSR count). The number of benzene rings is 2. The van der Waals surface area contributed by atoms with Crippen molar-refractivity contribution in [2.24, 2.45) is 11.8 Å². The molecule has 2 aromatic rings. The number of rotatable bonds is 10. The van der Waals surface area contributed by atoms with E-state index in [4.69, 9.17) is 9.47 Å². The standard InChI is InChI=1S/C26H35NO3/c1-19(2)16-27(17-20(3)4)26(28)14-12-22-11-13-24(25(15-22)29-6)30-18-23-10-8-7-9-21(23)5/h7-15,19-20H,16-18H2,1-6H3/b14-12+. The van der Waals surface area contributed by atoms with E-state index >= 15 is 0 Å². The molecule has 2 aromatic carbocycles. The number of ether oxygens (including phenoxy) is 2. The van der Waals surface area contributed by atoms with Gasteiger partial charge in [-0.2, -0.15) is 0 Å². The number of nitrogens with zero attached hydrogens (tertiary/aromatic N) is 1. The van der Waals surface area contributed by atoms with Gasteiger partial charge in [-0.15, -0.1) is 0 Å². The second-order valence-electron chi connectivity index (χ2n) is 8.49. The SMILES string of the molecule is COc1cc(/C=C/C(=O)N(CC(C)C)CC(C)C)ccc1OCc1ccccc1C. The zero-order chi connectivity index (χ0) is 22.1. The first-order valence-electron chi connectivity index (χ1n) is 10.6. The zero-order valence-corrected chi connectivity index (χ0v) is 19.1. The van der Waals surface area contributed by atoms with E-state index in [9.17, 15) is 4.79 Å². The normalized spacial score (nSPS) is 11.3. The van der Waals surface area contributed by atoms with Gasteiger partial charge in [0.1, 0.15) is 6.61 Å². The van der Waals surface area contributed by atoms with Crippen LogP contribution in [-0.4, -0.2) is 31.0 Å². The molecular weight excluding hydrogens is 374 g/mol. The zero-order valence-electron chi connectivity index (χ0n) is 19.1. The smallest absolute Gasteiger partial charge is 0.246 e. The topological polar surface area (TPSA) is 38.8 Å². The van der Waals surface area contributed by atoms with E-state index in [0.717, 1.165) is 24.2 Å². The van der Waals surface area contributed by atoms with Crippen LogP contribution in [0.2, 0.25) is 0 Å². The molecule has 4 heteroatoms. The van der Waals surface area contributed by atoms with Crippen molar-refractivity contribution in [2.45, 2.75) is 41.2 Å². The minimum absolute atomic E-state index is 0.0382. The van der Waals surface area contributed by atoms with Crippen molar-refractivity contribution >= 4 is 12.0 Å². The van der Waals surface area contributed by atoms with Crippen molar-refractivity contribution < 1.29 is 14.3 Å². The monoisotopic (exact) mass is 409 g/mol. The first-order valence-corrected chi connectivity index (χ1v) is 10.6. The molecule has 1 amide bonds. The third-order valence-electron chi connectivity index (χ3n) is 4.73. The van der Waals surface area contributed by atoms with Gasteiger partial charge in [-0.3, -0.25) is 4.79 Å². The number of hydrogen-bond donors (Lipinski definition) is 0. The molecule has 162 valence electrons. The van der Waals surface area contributed by atoms with Gasteiger partial charge in [-0.25, -0.2) is 0 Å². The lowest BCUT2D eigenvalue weighted by atomic mass is 10.1. The Balaban J connectivity index is 2.09. The van der Waals surface area contributed by atoms with Crippen LogP contribution < -0.4 is 9.47 Å². The third-order valence-corrected chi connectivity index (χ3v) is 4.73. The fourth-order valence-corrected chi connectivity index (χ4v) is 3.24. The molecule has 0 aliphatic heterocycles. The van der Waals surface area contributed by atoms with Crippen LogP contribution in [0.5, 0.6) is 11.5 Å². The Morgan fingerprint density at radius 3 is 2.27 bits per heavy atom. The van der Waals surface area contributed by atoms with Crippen molar-refractivity contribution in [1.82, 2.24) is 4.90 Å². The van der Waals surface area contributed by atoms with Gasteiger partial charge >= 0.3 is 0 Å². The Hall–Kier alpha value is -2.75. The Morgan fingerprint density at radius 2 is 1.67 bits per heavy atom. The Kier molecular flexibility index (Phi) is 8.97. The molecule has 0 aliphatic rings. The summed E-state index contributed by atoms with van der Waals surface area (Å²) in [5.41, 5.74) is 3.24. The maximum atomic E-state index is 12.7. The maximum absolute atomic E-state index is 12.7. The summed E-state index contributed by atoms with van der Waals surface area (Å²) in [6, 6.07) is 13.9. The highest BCUT2D eigenvalue weighted by atomic mass is 16.5. The lowest BCUT2D eigenvalue weighted by Gasteiger charge is -2.25. The average molecular weight is 410 g/mol. The highest BCUT2D eigenvalue weighted by Crippen LogP contribution is 2.29. The van der Waals surface area contributed by atoms with Crippen molar-refractivity contribution in [2.75, 3.05) is 20.2 Å². The molecule has 0 spiro atoms. The Bertz CT molecular complexity index is 845. The van der Waals surface area contributed by atoms with Gasteiger partial charge < -0.3 is 14.4 Å². The number of aryl methyl sites for hydroxylation is 1. The molecule has 0 bridgehead atoms. The van der Waals surface area contributed by atoms with Gasteiger partial charge in [0.25, 0.3) is 0 Å². The minimum Gasteiger partial charge on any atom is -0.493 e. The number of methoxy groups -OCH3 is 1. The van der Waals surface area contributed by atoms with Gasteiger partial charge in [-0.1, -0.05) is 58.0 Å². The van der Waals surface area contributed by atoms with Gasteiger partial charge in [-0.05, 0) is 53.7 Å². The predicted molar refractivity (Wildman–Crippen MR) is 124 cm³/mol. The van der Waals surface area contributed by atoms with Gasteiger partial charge in [0, 0.05) is 19.2 Å². The van der Waals surface area contributed by atoms with Crippen LogP contribution in [0.3, 0.4) is 0 Å². The summed E-state index contributed by atoms with van der Waals surface area (Å²) in [5.74, 6) is 2.25. The molecular formula is C26H35NO3. The van der Waals surface area contributed by atoms with Crippen LogP contribution in [0.1, 0.15) is 44.4 Å². The molecule has 0 aromatic heterocycles. The summed E-state index contributed by atoms with van der Waals surface area (Å²) >= 11 is 0. The van der Waals surface area contributed by atoms with E-state index < -0.39 is 0 Å². The summed E-state index contributed by atoms with van der Waals surface area (Å²) in [5, 5.41) is 0. The van der Waals surface area contributed by atoms with E-state index in [-0.39, 0.29) is 5.91 Å². The molecule has 0 heterocycles. The number of carbonyl (C=O) groups excluding carboxylic acids is 1. The molecule has 0 aliphatic carbocycles. The highest BCUT2D eigenvalue weighted by molar-refractivity contribution is 5.91. The van der Waals surface area contributed by atoms with Crippen LogP contribution in [0.25, 0.3) is 6.08 Å². The van der Waals surface area contributed by atoms with Crippen molar-refractivity contribution in [3.05, 3.63) is 65.2 Å². The van der Waals surface area contributed by atoms with Crippen molar-refractivity contribution in [3.63, 3.8) is 0 Å². The molecule has 4 nitrogen and oxygen atoms in total. The summed E-state index contributed by atoms with van der Waals surface area (Å²) in [6.45, 7) is 12.6. The number of carbonyl (C=O) groups is 1. The molecule has 0 saturated heterocycles. The first-order chi connectivity index (χ1) is 14.3. The van der Waals surface area contributed by atoms with E-state index in [1.165, 1.54) is 5.56 Å². The van der Waals surface area contributed by atoms with Gasteiger partial charge in [0.15, 0.2) is 11.5 Å². The van der Waals surface area contributed by atoms with E-state index in [2.05, 4.69) is 46.8 Å². The van der Waals surface area contributed by atoms with Gasteiger partial charge in [0.05, 0.1) is 7.11 Å². The second-order valence-corrected chi connectivity index (χ2v) is 8.49. The average Bonchev–Trinajstić information content (AvgIpc) is 2.70. The first kappa shape index (κ1) is 23.5. The van der Waals surface area contributed by atoms with E-state index in [0.29, 0.717) is 29.9 Å². The van der Waals surface area contributed by atoms with Gasteiger partial charge in [0.2, 0.25) is 5.91 Å². The third kappa shape index (κ3) is 7.25. The van der Waals surface area contributed by atoms with E-state index in [1.54, 1.807) is 13.2 Å². The molecule has 0 radical (unpaired) electrons. The molecule has 0 unspecified atom stereocenters. The maximum Gasteiger partial charge on any atom is 0.246 e. The Labute approximate surface area is 181 Å². The highest BCUT2D eigenvalue weighted by Gasteiger charge is 2.14. The van der Waals surface area contributed by atoms with Crippen molar-refractivity contribution in [3.8, 4) is 11.5 Å². The molecule has 0 saturated carbocycles. The molecule has 0 fully saturated rings. The minimum atomic E-state index is 0.0382. The predicted octanol–water partition coefficient (Wildman–Crippen LogP) is 5.74.